The average molecular weight is 451 g/mol. The van der Waals surface area contributed by atoms with Gasteiger partial charge in [-0.3, -0.25) is 15.1 Å². The van der Waals surface area contributed by atoms with Crippen LogP contribution in [0.3, 0.4) is 0 Å². The number of carbonyl (C=O) groups is 1. The zero-order valence-corrected chi connectivity index (χ0v) is 14.3. The standard InChI is InChI=1S/C13H11N6O.W/c1-8-10(4-3-9-5-6-14-7-11(8)9)12(20)15-13-16-17-18-19(13)2;/h4-7H,1-2H3,(H,15,16,18,20);/q-1;. The normalized spacial score (nSPS) is 10.2. The summed E-state index contributed by atoms with van der Waals surface area (Å²) in [6, 6.07) is 6.60. The first kappa shape index (κ1) is 15.3. The topological polar surface area (TPSA) is 85.6 Å². The van der Waals surface area contributed by atoms with Crippen molar-refractivity contribution < 1.29 is 25.9 Å². The molecule has 8 heteroatoms. The van der Waals surface area contributed by atoms with Crippen molar-refractivity contribution in [2.45, 2.75) is 6.92 Å². The number of anilines is 1. The van der Waals surface area contributed by atoms with E-state index in [1.54, 1.807) is 25.5 Å². The molecule has 0 aliphatic carbocycles. The average Bonchev–Trinajstić information content (AvgIpc) is 2.85. The smallest absolute Gasteiger partial charge is 0.248 e. The van der Waals surface area contributed by atoms with Gasteiger partial charge in [-0.25, -0.2) is 4.68 Å². The van der Waals surface area contributed by atoms with E-state index in [1.165, 1.54) is 4.68 Å². The molecule has 0 saturated carbocycles. The van der Waals surface area contributed by atoms with Gasteiger partial charge in [-0.2, -0.15) is 0 Å². The Bertz CT molecular complexity index is 800. The maximum absolute atomic E-state index is 12.3. The second kappa shape index (κ2) is 6.09. The molecule has 21 heavy (non-hydrogen) atoms. The monoisotopic (exact) mass is 451 g/mol. The largest absolute Gasteiger partial charge is 0.297 e. The number of fused-ring (bicyclic) bond motifs is 1. The number of hydrogen-bond acceptors (Lipinski definition) is 5. The summed E-state index contributed by atoms with van der Waals surface area (Å²) < 4.78 is 1.39. The van der Waals surface area contributed by atoms with E-state index < -0.39 is 0 Å². The van der Waals surface area contributed by atoms with Crippen molar-refractivity contribution in [2.75, 3.05) is 5.32 Å². The summed E-state index contributed by atoms with van der Waals surface area (Å²) in [5.74, 6) is 0.0167. The maximum atomic E-state index is 12.3. The van der Waals surface area contributed by atoms with Crippen LogP contribution in [0.25, 0.3) is 10.8 Å². The molecule has 0 atom stereocenters. The molecule has 0 spiro atoms. The van der Waals surface area contributed by atoms with Gasteiger partial charge in [0.05, 0.1) is 0 Å². The summed E-state index contributed by atoms with van der Waals surface area (Å²) in [5, 5.41) is 15.3. The number of carbonyl (C=O) groups excluding carboxylic acids is 1. The van der Waals surface area contributed by atoms with Crippen LogP contribution in [0.15, 0.2) is 24.5 Å². The number of aromatic nitrogens is 5. The van der Waals surface area contributed by atoms with Crippen LogP contribution < -0.4 is 5.32 Å². The Morgan fingerprint density at radius 3 is 2.95 bits per heavy atom. The van der Waals surface area contributed by atoms with E-state index in [-0.39, 0.29) is 27.0 Å². The second-order valence-corrected chi connectivity index (χ2v) is 4.33. The Kier molecular flexibility index (Phi) is 4.43. The molecule has 0 radical (unpaired) electrons. The molecule has 0 bridgehead atoms. The van der Waals surface area contributed by atoms with Crippen molar-refractivity contribution in [2.24, 2.45) is 7.05 Å². The fourth-order valence-electron chi connectivity index (χ4n) is 1.96. The summed E-state index contributed by atoms with van der Waals surface area (Å²) in [4.78, 5) is 16.3. The summed E-state index contributed by atoms with van der Waals surface area (Å²) in [6.45, 7) is 1.88. The van der Waals surface area contributed by atoms with Crippen LogP contribution in [0.1, 0.15) is 15.9 Å². The van der Waals surface area contributed by atoms with Gasteiger partial charge >= 0.3 is 0 Å². The third-order valence-corrected chi connectivity index (χ3v) is 3.09. The van der Waals surface area contributed by atoms with Crippen LogP contribution in [0.2, 0.25) is 0 Å². The zero-order chi connectivity index (χ0) is 14.1. The van der Waals surface area contributed by atoms with Gasteiger partial charge in [0, 0.05) is 28.1 Å². The van der Waals surface area contributed by atoms with Crippen LogP contribution in [0.5, 0.6) is 0 Å². The summed E-state index contributed by atoms with van der Waals surface area (Å²) >= 11 is 0. The Labute approximate surface area is 135 Å². The zero-order valence-electron chi connectivity index (χ0n) is 11.4. The van der Waals surface area contributed by atoms with E-state index in [1.807, 2.05) is 13.0 Å². The first-order valence-corrected chi connectivity index (χ1v) is 5.95. The molecule has 2 heterocycles. The van der Waals surface area contributed by atoms with Crippen LogP contribution in [0, 0.1) is 13.0 Å². The molecule has 0 fully saturated rings. The van der Waals surface area contributed by atoms with Gasteiger partial charge in [0.1, 0.15) is 0 Å². The third-order valence-electron chi connectivity index (χ3n) is 3.09. The van der Waals surface area contributed by atoms with Crippen LogP contribution in [-0.4, -0.2) is 31.1 Å². The van der Waals surface area contributed by atoms with E-state index in [0.717, 1.165) is 16.3 Å². The van der Waals surface area contributed by atoms with Gasteiger partial charge in [-0.05, 0) is 28.4 Å². The van der Waals surface area contributed by atoms with Gasteiger partial charge in [0.15, 0.2) is 0 Å². The van der Waals surface area contributed by atoms with Crippen LogP contribution in [-0.2, 0) is 28.1 Å². The van der Waals surface area contributed by atoms with E-state index >= 15 is 0 Å². The Balaban J connectivity index is 0.00000161. The minimum atomic E-state index is -0.276. The van der Waals surface area contributed by atoms with Crippen molar-refractivity contribution in [3.05, 3.63) is 41.7 Å². The molecule has 0 aliphatic rings. The molecule has 1 N–H and O–H groups in total. The molecule has 3 rings (SSSR count). The quantitative estimate of drug-likeness (QED) is 0.591. The number of nitrogens with zero attached hydrogens (tertiary/aromatic N) is 5. The number of nitrogens with one attached hydrogen (secondary N) is 1. The van der Waals surface area contributed by atoms with Gasteiger partial charge < -0.3 is 0 Å². The minimum absolute atomic E-state index is 0. The number of pyridine rings is 1. The third kappa shape index (κ3) is 2.83. The van der Waals surface area contributed by atoms with Crippen LogP contribution in [0.4, 0.5) is 5.95 Å². The molecule has 3 aromatic rings. The molecular weight excluding hydrogens is 440 g/mol. The Morgan fingerprint density at radius 2 is 2.24 bits per heavy atom. The van der Waals surface area contributed by atoms with Crippen molar-refractivity contribution >= 4 is 22.6 Å². The van der Waals surface area contributed by atoms with Crippen molar-refractivity contribution in [1.29, 1.82) is 0 Å². The molecule has 1 amide bonds. The number of tetrazole rings is 1. The van der Waals surface area contributed by atoms with Crippen molar-refractivity contribution in [3.63, 3.8) is 0 Å². The molecule has 7 nitrogen and oxygen atoms in total. The number of rotatable bonds is 2. The van der Waals surface area contributed by atoms with Gasteiger partial charge in [0.25, 0.3) is 0 Å². The number of hydrogen-bond donors (Lipinski definition) is 1. The second-order valence-electron chi connectivity index (χ2n) is 4.33. The minimum Gasteiger partial charge on any atom is -0.297 e. The number of benzene rings is 1. The SMILES string of the molecule is Cc1c(C(=O)Nc2nnnn2C)c[c-]c2ccncc12.[W]. The van der Waals surface area contributed by atoms with E-state index in [4.69, 9.17) is 0 Å². The first-order valence-electron chi connectivity index (χ1n) is 5.95. The molecule has 0 saturated heterocycles. The van der Waals surface area contributed by atoms with E-state index in [0.29, 0.717) is 11.5 Å². The fourth-order valence-corrected chi connectivity index (χ4v) is 1.96. The molecule has 1 aromatic carbocycles. The molecule has 0 aliphatic heterocycles. The van der Waals surface area contributed by atoms with Crippen molar-refractivity contribution in [1.82, 2.24) is 25.2 Å². The van der Waals surface area contributed by atoms with Gasteiger partial charge in [-0.1, -0.05) is 17.4 Å². The summed E-state index contributed by atoms with van der Waals surface area (Å²) in [6.07, 6.45) is 3.42. The Morgan fingerprint density at radius 1 is 1.43 bits per heavy atom. The predicted molar refractivity (Wildman–Crippen MR) is 72.1 cm³/mol. The van der Waals surface area contributed by atoms with Crippen LogP contribution >= 0.6 is 0 Å². The summed E-state index contributed by atoms with van der Waals surface area (Å²) in [5.41, 5.74) is 1.37. The Hall–Kier alpha value is -2.14. The van der Waals surface area contributed by atoms with Gasteiger partial charge in [-0.15, -0.1) is 29.1 Å². The molecule has 0 unspecified atom stereocenters. The number of amides is 1. The fraction of sp³-hybridized carbons (Fsp3) is 0.154. The molecular formula is C13H11N6OW-. The molecule has 106 valence electrons. The summed E-state index contributed by atoms with van der Waals surface area (Å²) in [7, 11) is 1.65. The van der Waals surface area contributed by atoms with E-state index in [2.05, 4.69) is 31.9 Å². The van der Waals surface area contributed by atoms with E-state index in [9.17, 15) is 4.79 Å². The predicted octanol–water partition coefficient (Wildman–Crippen LogP) is 1.12. The maximum Gasteiger partial charge on any atom is 0.248 e. The van der Waals surface area contributed by atoms with Gasteiger partial charge in [0.2, 0.25) is 11.9 Å². The number of aryl methyl sites for hydroxylation is 2. The van der Waals surface area contributed by atoms with Crippen molar-refractivity contribution in [3.8, 4) is 0 Å². The first-order chi connectivity index (χ1) is 9.66. The molecule has 2 aromatic heterocycles.